The molecule has 1 aromatic carbocycles. The number of hydrogen-bond donors (Lipinski definition) is 0. The highest BCUT2D eigenvalue weighted by atomic mass is 19.1. The Kier molecular flexibility index (Phi) is 4.43. The van der Waals surface area contributed by atoms with E-state index in [-0.39, 0.29) is 11.9 Å². The van der Waals surface area contributed by atoms with Crippen molar-refractivity contribution < 1.29 is 13.9 Å². The van der Waals surface area contributed by atoms with Crippen LogP contribution in [0, 0.1) is 5.82 Å². The average Bonchev–Trinajstić information content (AvgIpc) is 2.54. The normalized spacial score (nSPS) is 16.4. The van der Waals surface area contributed by atoms with E-state index in [1.54, 1.807) is 11.1 Å². The minimum absolute atomic E-state index is 0.258. The number of nitrogens with zero attached hydrogens (tertiary/aromatic N) is 2. The Hall–Kier alpha value is -2.17. The van der Waals surface area contributed by atoms with Crippen LogP contribution in [0.25, 0.3) is 10.9 Å². The van der Waals surface area contributed by atoms with Gasteiger partial charge in [0, 0.05) is 24.7 Å². The number of hydrogen-bond acceptors (Lipinski definition) is 3. The lowest BCUT2D eigenvalue weighted by Gasteiger charge is -2.34. The molecule has 0 atom stereocenters. The van der Waals surface area contributed by atoms with Gasteiger partial charge in [0.25, 0.3) is 0 Å². The van der Waals surface area contributed by atoms with Gasteiger partial charge in [-0.1, -0.05) is 12.1 Å². The van der Waals surface area contributed by atoms with Crippen LogP contribution in [0.1, 0.15) is 45.1 Å². The van der Waals surface area contributed by atoms with E-state index in [9.17, 15) is 9.18 Å². The highest BCUT2D eigenvalue weighted by Gasteiger charge is 2.28. The van der Waals surface area contributed by atoms with Crippen LogP contribution < -0.4 is 0 Å². The summed E-state index contributed by atoms with van der Waals surface area (Å²) in [6, 6.07) is 7.10. The third kappa shape index (κ3) is 3.50. The summed E-state index contributed by atoms with van der Waals surface area (Å²) in [6.07, 6.45) is 3.04. The van der Waals surface area contributed by atoms with Crippen molar-refractivity contribution in [2.24, 2.45) is 0 Å². The molecule has 1 fully saturated rings. The summed E-state index contributed by atoms with van der Waals surface area (Å²) in [4.78, 5) is 18.1. The third-order valence-corrected chi connectivity index (χ3v) is 4.34. The molecule has 4 nitrogen and oxygen atoms in total. The number of fused-ring (bicyclic) bond motifs is 1. The summed E-state index contributed by atoms with van der Waals surface area (Å²) >= 11 is 0. The number of pyridine rings is 1. The van der Waals surface area contributed by atoms with Crippen molar-refractivity contribution in [1.82, 2.24) is 9.88 Å². The van der Waals surface area contributed by atoms with E-state index < -0.39 is 5.60 Å². The summed E-state index contributed by atoms with van der Waals surface area (Å²) in [5, 5.41) is 0.869. The van der Waals surface area contributed by atoms with E-state index in [0.717, 1.165) is 23.8 Å². The van der Waals surface area contributed by atoms with Crippen molar-refractivity contribution in [3.63, 3.8) is 0 Å². The first-order valence-corrected chi connectivity index (χ1v) is 8.36. The van der Waals surface area contributed by atoms with Crippen molar-refractivity contribution in [2.45, 2.75) is 45.1 Å². The molecule has 0 N–H and O–H groups in total. The number of piperidine rings is 1. The van der Waals surface area contributed by atoms with Crippen LogP contribution >= 0.6 is 0 Å². The molecule has 2 heterocycles. The molecule has 1 aliphatic heterocycles. The molecule has 0 saturated carbocycles. The maximum absolute atomic E-state index is 13.9. The molecule has 5 heteroatoms. The fourth-order valence-electron chi connectivity index (χ4n) is 3.22. The zero-order valence-corrected chi connectivity index (χ0v) is 14.4. The second-order valence-corrected chi connectivity index (χ2v) is 7.28. The minimum Gasteiger partial charge on any atom is -0.444 e. The lowest BCUT2D eigenvalue weighted by Crippen LogP contribution is -2.41. The summed E-state index contributed by atoms with van der Waals surface area (Å²) in [5.74, 6) is 0.0107. The fourth-order valence-corrected chi connectivity index (χ4v) is 3.22. The lowest BCUT2D eigenvalue weighted by atomic mass is 9.87. The van der Waals surface area contributed by atoms with Gasteiger partial charge in [-0.25, -0.2) is 9.18 Å². The molecule has 1 aromatic heterocycles. The molecule has 2 aromatic rings. The Morgan fingerprint density at radius 1 is 1.25 bits per heavy atom. The van der Waals surface area contributed by atoms with Gasteiger partial charge in [0.1, 0.15) is 16.9 Å². The Bertz CT molecular complexity index is 747. The van der Waals surface area contributed by atoms with Crippen LogP contribution in [0.5, 0.6) is 0 Å². The van der Waals surface area contributed by atoms with Crippen molar-refractivity contribution in [3.8, 4) is 0 Å². The highest BCUT2D eigenvalue weighted by molar-refractivity contribution is 5.83. The van der Waals surface area contributed by atoms with Crippen LogP contribution in [0.2, 0.25) is 0 Å². The lowest BCUT2D eigenvalue weighted by molar-refractivity contribution is 0.0205. The van der Waals surface area contributed by atoms with Crippen LogP contribution in [0.3, 0.4) is 0 Å². The Labute approximate surface area is 141 Å². The molecule has 0 bridgehead atoms. The Morgan fingerprint density at radius 3 is 2.62 bits per heavy atom. The summed E-state index contributed by atoms with van der Waals surface area (Å²) in [6.45, 7) is 6.91. The molecule has 1 amide bonds. The molecule has 24 heavy (non-hydrogen) atoms. The van der Waals surface area contributed by atoms with Gasteiger partial charge in [-0.05, 0) is 57.2 Å². The summed E-state index contributed by atoms with van der Waals surface area (Å²) in [7, 11) is 0. The SMILES string of the molecule is CC(C)(C)OC(=O)N1CCC(c2ccc(F)c3ncccc23)CC1. The van der Waals surface area contributed by atoms with Gasteiger partial charge in [0.2, 0.25) is 0 Å². The first-order chi connectivity index (χ1) is 11.3. The predicted octanol–water partition coefficient (Wildman–Crippen LogP) is 4.49. The second-order valence-electron chi connectivity index (χ2n) is 7.28. The Morgan fingerprint density at radius 2 is 1.96 bits per heavy atom. The Balaban J connectivity index is 1.74. The molecule has 128 valence electrons. The largest absolute Gasteiger partial charge is 0.444 e. The second kappa shape index (κ2) is 6.38. The predicted molar refractivity (Wildman–Crippen MR) is 91.5 cm³/mol. The molecular weight excluding hydrogens is 307 g/mol. The summed E-state index contributed by atoms with van der Waals surface area (Å²) in [5.41, 5.74) is 1.06. The number of aromatic nitrogens is 1. The van der Waals surface area contributed by atoms with E-state index in [1.807, 2.05) is 39.0 Å². The van der Waals surface area contributed by atoms with Crippen LogP contribution in [-0.2, 0) is 4.74 Å². The number of halogens is 1. The smallest absolute Gasteiger partial charge is 0.410 e. The number of carbonyl (C=O) groups is 1. The number of amides is 1. The molecule has 3 rings (SSSR count). The summed E-state index contributed by atoms with van der Waals surface area (Å²) < 4.78 is 19.4. The topological polar surface area (TPSA) is 42.4 Å². The average molecular weight is 330 g/mol. The van der Waals surface area contributed by atoms with Crippen molar-refractivity contribution in [3.05, 3.63) is 41.8 Å². The van der Waals surface area contributed by atoms with Gasteiger partial charge >= 0.3 is 6.09 Å². The molecule has 1 saturated heterocycles. The number of carbonyl (C=O) groups excluding carboxylic acids is 1. The molecule has 0 unspecified atom stereocenters. The van der Waals surface area contributed by atoms with Gasteiger partial charge in [-0.3, -0.25) is 4.98 Å². The number of likely N-dealkylation sites (tertiary alicyclic amines) is 1. The van der Waals surface area contributed by atoms with Crippen molar-refractivity contribution in [1.29, 1.82) is 0 Å². The zero-order chi connectivity index (χ0) is 17.3. The van der Waals surface area contributed by atoms with E-state index in [0.29, 0.717) is 24.5 Å². The molecule has 0 radical (unpaired) electrons. The van der Waals surface area contributed by atoms with E-state index in [1.165, 1.54) is 6.07 Å². The van der Waals surface area contributed by atoms with Crippen LogP contribution in [0.15, 0.2) is 30.5 Å². The van der Waals surface area contributed by atoms with Gasteiger partial charge in [-0.2, -0.15) is 0 Å². The van der Waals surface area contributed by atoms with E-state index in [4.69, 9.17) is 4.74 Å². The first kappa shape index (κ1) is 16.7. The van der Waals surface area contributed by atoms with Crippen molar-refractivity contribution in [2.75, 3.05) is 13.1 Å². The standard InChI is InChI=1S/C19H23FN2O2/c1-19(2,3)24-18(23)22-11-8-13(9-12-22)14-6-7-16(20)17-15(14)5-4-10-21-17/h4-7,10,13H,8-9,11-12H2,1-3H3. The number of rotatable bonds is 1. The molecule has 0 aliphatic carbocycles. The van der Waals surface area contributed by atoms with Gasteiger partial charge in [-0.15, -0.1) is 0 Å². The first-order valence-electron chi connectivity index (χ1n) is 8.36. The van der Waals surface area contributed by atoms with Crippen molar-refractivity contribution >= 4 is 17.0 Å². The molecule has 1 aliphatic rings. The minimum atomic E-state index is -0.479. The quantitative estimate of drug-likeness (QED) is 0.774. The molecule has 0 spiro atoms. The maximum atomic E-state index is 13.9. The monoisotopic (exact) mass is 330 g/mol. The van der Waals surface area contributed by atoms with E-state index in [2.05, 4.69) is 4.98 Å². The van der Waals surface area contributed by atoms with Gasteiger partial charge < -0.3 is 9.64 Å². The fraction of sp³-hybridized carbons (Fsp3) is 0.474. The van der Waals surface area contributed by atoms with Crippen LogP contribution in [-0.4, -0.2) is 34.7 Å². The van der Waals surface area contributed by atoms with Gasteiger partial charge in [0.15, 0.2) is 0 Å². The number of benzene rings is 1. The van der Waals surface area contributed by atoms with Crippen LogP contribution in [0.4, 0.5) is 9.18 Å². The third-order valence-electron chi connectivity index (χ3n) is 4.34. The number of ether oxygens (including phenoxy) is 1. The zero-order valence-electron chi connectivity index (χ0n) is 14.4. The highest BCUT2D eigenvalue weighted by Crippen LogP contribution is 2.33. The van der Waals surface area contributed by atoms with E-state index >= 15 is 0 Å². The molecular formula is C19H23FN2O2. The maximum Gasteiger partial charge on any atom is 0.410 e. The van der Waals surface area contributed by atoms with Gasteiger partial charge in [0.05, 0.1) is 0 Å².